The summed E-state index contributed by atoms with van der Waals surface area (Å²) in [4.78, 5) is 0. The van der Waals surface area contributed by atoms with Gasteiger partial charge < -0.3 is 5.32 Å². The molecule has 1 spiro atoms. The number of hydrogen-bond donors (Lipinski definition) is 1. The van der Waals surface area contributed by atoms with Crippen LogP contribution in [0.3, 0.4) is 0 Å². The summed E-state index contributed by atoms with van der Waals surface area (Å²) in [5.41, 5.74) is 0. The third-order valence-electron chi connectivity index (χ3n) is 2.15. The molecule has 0 aromatic heterocycles. The Bertz CT molecular complexity index is 132. The van der Waals surface area contributed by atoms with E-state index in [9.17, 15) is 0 Å². The van der Waals surface area contributed by atoms with Crippen molar-refractivity contribution in [3.8, 4) is 0 Å². The number of hydrogen-bond acceptors (Lipinski definition) is 3. The summed E-state index contributed by atoms with van der Waals surface area (Å²) in [6, 6.07) is 0.748. The van der Waals surface area contributed by atoms with E-state index in [4.69, 9.17) is 0 Å². The third-order valence-corrected chi connectivity index (χ3v) is 5.61. The largest absolute Gasteiger partial charge is 0.312 e. The molecule has 3 heteroatoms. The standard InChI is InChI=1S/C7H13NS2/c1-6-4-7(5-8-6)9-2-3-10-7/h6,8H,2-5H2,1H3/t6-/m1/s1. The van der Waals surface area contributed by atoms with Gasteiger partial charge in [-0.25, -0.2) is 0 Å². The predicted octanol–water partition coefficient (Wildman–Crippen LogP) is 1.54. The van der Waals surface area contributed by atoms with Gasteiger partial charge >= 0.3 is 0 Å². The Balaban J connectivity index is 2.03. The molecule has 1 atom stereocenters. The zero-order chi connectivity index (χ0) is 7.03. The van der Waals surface area contributed by atoms with Crippen molar-refractivity contribution in [2.45, 2.75) is 23.5 Å². The molecule has 0 aliphatic carbocycles. The molecule has 2 fully saturated rings. The molecule has 2 aliphatic rings. The van der Waals surface area contributed by atoms with Crippen molar-refractivity contribution >= 4 is 23.5 Å². The summed E-state index contributed by atoms with van der Waals surface area (Å²) in [5.74, 6) is 2.72. The van der Waals surface area contributed by atoms with Crippen LogP contribution in [0.1, 0.15) is 13.3 Å². The lowest BCUT2D eigenvalue weighted by molar-refractivity contribution is 0.664. The molecule has 0 unspecified atom stereocenters. The Kier molecular flexibility index (Phi) is 1.91. The van der Waals surface area contributed by atoms with Gasteiger partial charge in [-0.3, -0.25) is 0 Å². The summed E-state index contributed by atoms with van der Waals surface area (Å²) in [6.07, 6.45) is 1.36. The van der Waals surface area contributed by atoms with E-state index >= 15 is 0 Å². The fourth-order valence-corrected chi connectivity index (χ4v) is 5.01. The first kappa shape index (κ1) is 7.32. The smallest absolute Gasteiger partial charge is 0.0750 e. The van der Waals surface area contributed by atoms with Crippen molar-refractivity contribution in [1.82, 2.24) is 5.32 Å². The maximum absolute atomic E-state index is 3.51. The van der Waals surface area contributed by atoms with Crippen LogP contribution < -0.4 is 5.32 Å². The van der Waals surface area contributed by atoms with Crippen LogP contribution in [0.15, 0.2) is 0 Å². The van der Waals surface area contributed by atoms with Crippen molar-refractivity contribution in [1.29, 1.82) is 0 Å². The van der Waals surface area contributed by atoms with Crippen LogP contribution >= 0.6 is 23.5 Å². The maximum Gasteiger partial charge on any atom is 0.0750 e. The van der Waals surface area contributed by atoms with Crippen molar-refractivity contribution in [3.63, 3.8) is 0 Å². The van der Waals surface area contributed by atoms with E-state index in [0.29, 0.717) is 4.08 Å². The Labute approximate surface area is 70.7 Å². The SMILES string of the molecule is C[C@@H]1CC2(CN1)SCCS2. The zero-order valence-electron chi connectivity index (χ0n) is 6.22. The zero-order valence-corrected chi connectivity index (χ0v) is 7.86. The van der Waals surface area contributed by atoms with Gasteiger partial charge in [0, 0.05) is 24.1 Å². The van der Waals surface area contributed by atoms with E-state index < -0.39 is 0 Å². The van der Waals surface area contributed by atoms with Gasteiger partial charge in [-0.05, 0) is 13.3 Å². The minimum Gasteiger partial charge on any atom is -0.312 e. The first-order valence-corrected chi connectivity index (χ1v) is 5.79. The molecule has 0 radical (unpaired) electrons. The van der Waals surface area contributed by atoms with Gasteiger partial charge in [-0.2, -0.15) is 0 Å². The summed E-state index contributed by atoms with van der Waals surface area (Å²) in [6.45, 7) is 3.51. The third kappa shape index (κ3) is 1.19. The summed E-state index contributed by atoms with van der Waals surface area (Å²) in [7, 11) is 0. The summed E-state index contributed by atoms with van der Waals surface area (Å²) >= 11 is 4.31. The van der Waals surface area contributed by atoms with Crippen molar-refractivity contribution in [2.24, 2.45) is 0 Å². The average Bonchev–Trinajstić information content (AvgIpc) is 2.46. The number of nitrogens with one attached hydrogen (secondary N) is 1. The molecule has 2 saturated heterocycles. The van der Waals surface area contributed by atoms with Gasteiger partial charge in [0.1, 0.15) is 0 Å². The highest BCUT2D eigenvalue weighted by Crippen LogP contribution is 2.48. The van der Waals surface area contributed by atoms with Crippen molar-refractivity contribution < 1.29 is 0 Å². The Morgan fingerprint density at radius 2 is 2.10 bits per heavy atom. The highest BCUT2D eigenvalue weighted by Gasteiger charge is 2.40. The van der Waals surface area contributed by atoms with Crippen LogP contribution in [0, 0.1) is 0 Å². The van der Waals surface area contributed by atoms with E-state index in [-0.39, 0.29) is 0 Å². The summed E-state index contributed by atoms with van der Waals surface area (Å²) < 4.78 is 0.583. The lowest BCUT2D eigenvalue weighted by Gasteiger charge is -2.18. The molecule has 0 bridgehead atoms. The van der Waals surface area contributed by atoms with E-state index in [1.807, 2.05) is 0 Å². The van der Waals surface area contributed by atoms with Gasteiger partial charge in [0.25, 0.3) is 0 Å². The molecule has 0 aromatic carbocycles. The molecule has 0 saturated carbocycles. The fraction of sp³-hybridized carbons (Fsp3) is 1.00. The van der Waals surface area contributed by atoms with E-state index in [2.05, 4.69) is 35.8 Å². The van der Waals surface area contributed by atoms with Gasteiger partial charge in [0.2, 0.25) is 0 Å². The molecule has 58 valence electrons. The Hall–Kier alpha value is 0.660. The van der Waals surface area contributed by atoms with Crippen molar-refractivity contribution in [2.75, 3.05) is 18.1 Å². The molecular formula is C7H13NS2. The van der Waals surface area contributed by atoms with Gasteiger partial charge in [0.15, 0.2) is 0 Å². The normalized spacial score (nSPS) is 37.5. The topological polar surface area (TPSA) is 12.0 Å². The van der Waals surface area contributed by atoms with E-state index in [0.717, 1.165) is 6.04 Å². The monoisotopic (exact) mass is 175 g/mol. The second-order valence-electron chi connectivity index (χ2n) is 3.09. The lowest BCUT2D eigenvalue weighted by atomic mass is 10.2. The molecular weight excluding hydrogens is 162 g/mol. The molecule has 0 aromatic rings. The minimum absolute atomic E-state index is 0.583. The Morgan fingerprint density at radius 1 is 1.40 bits per heavy atom. The highest BCUT2D eigenvalue weighted by molar-refractivity contribution is 8.21. The number of thioether (sulfide) groups is 2. The fourth-order valence-electron chi connectivity index (χ4n) is 1.66. The lowest BCUT2D eigenvalue weighted by Crippen LogP contribution is -2.21. The quantitative estimate of drug-likeness (QED) is 0.600. The molecule has 1 nitrogen and oxygen atoms in total. The highest BCUT2D eigenvalue weighted by atomic mass is 32.2. The van der Waals surface area contributed by atoms with Crippen molar-refractivity contribution in [3.05, 3.63) is 0 Å². The molecule has 2 heterocycles. The summed E-state index contributed by atoms with van der Waals surface area (Å²) in [5, 5.41) is 3.51. The molecule has 10 heavy (non-hydrogen) atoms. The van der Waals surface area contributed by atoms with Crippen LogP contribution in [0.4, 0.5) is 0 Å². The molecule has 2 aliphatic heterocycles. The van der Waals surface area contributed by atoms with Gasteiger partial charge in [-0.15, -0.1) is 23.5 Å². The van der Waals surface area contributed by atoms with Crippen LogP contribution in [0.2, 0.25) is 0 Å². The first-order chi connectivity index (χ1) is 4.81. The Morgan fingerprint density at radius 3 is 2.60 bits per heavy atom. The second-order valence-corrected chi connectivity index (χ2v) is 6.31. The molecule has 1 N–H and O–H groups in total. The predicted molar refractivity (Wildman–Crippen MR) is 49.7 cm³/mol. The first-order valence-electron chi connectivity index (χ1n) is 3.82. The molecule has 2 rings (SSSR count). The van der Waals surface area contributed by atoms with E-state index in [1.165, 1.54) is 24.5 Å². The minimum atomic E-state index is 0.583. The number of rotatable bonds is 0. The average molecular weight is 175 g/mol. The van der Waals surface area contributed by atoms with Gasteiger partial charge in [-0.1, -0.05) is 0 Å². The maximum atomic E-state index is 3.51. The van der Waals surface area contributed by atoms with Gasteiger partial charge in [0.05, 0.1) is 4.08 Å². The van der Waals surface area contributed by atoms with Crippen LogP contribution in [0.25, 0.3) is 0 Å². The van der Waals surface area contributed by atoms with Crippen LogP contribution in [-0.2, 0) is 0 Å². The van der Waals surface area contributed by atoms with E-state index in [1.54, 1.807) is 0 Å². The van der Waals surface area contributed by atoms with Crippen LogP contribution in [0.5, 0.6) is 0 Å². The second kappa shape index (κ2) is 2.61. The molecule has 0 amide bonds. The van der Waals surface area contributed by atoms with Crippen LogP contribution in [-0.4, -0.2) is 28.2 Å².